The molecule has 0 spiro atoms. The SMILES string of the molecule is CC[C@H](NC(=O)c1ccc(C(N)=NO)cc1)C(=O)N1CCC(OCC(=O)O)CC1. The minimum Gasteiger partial charge on any atom is -0.480 e. The number of carboxylic acid groups (broad SMARTS) is 1. The first-order valence-corrected chi connectivity index (χ1v) is 9.36. The van der Waals surface area contributed by atoms with Gasteiger partial charge in [-0.1, -0.05) is 24.2 Å². The Bertz CT molecular complexity index is 756. The molecule has 0 unspecified atom stereocenters. The second-order valence-corrected chi connectivity index (χ2v) is 6.73. The van der Waals surface area contributed by atoms with Crippen molar-refractivity contribution >= 4 is 23.6 Å². The maximum absolute atomic E-state index is 12.8. The molecule has 1 atom stereocenters. The third-order valence-electron chi connectivity index (χ3n) is 4.76. The number of nitrogens with one attached hydrogen (secondary N) is 1. The van der Waals surface area contributed by atoms with Crippen molar-refractivity contribution in [2.24, 2.45) is 10.9 Å². The van der Waals surface area contributed by atoms with E-state index in [1.54, 1.807) is 17.0 Å². The molecule has 0 aliphatic carbocycles. The Kier molecular flexibility index (Phi) is 7.96. The summed E-state index contributed by atoms with van der Waals surface area (Å²) < 4.78 is 5.28. The van der Waals surface area contributed by atoms with Crippen LogP contribution in [0.1, 0.15) is 42.1 Å². The van der Waals surface area contributed by atoms with E-state index in [0.717, 1.165) is 0 Å². The molecule has 1 aliphatic rings. The van der Waals surface area contributed by atoms with Crippen molar-refractivity contribution in [1.82, 2.24) is 10.2 Å². The van der Waals surface area contributed by atoms with Gasteiger partial charge in [0.1, 0.15) is 12.6 Å². The first kappa shape index (κ1) is 22.2. The van der Waals surface area contributed by atoms with Crippen LogP contribution in [0, 0.1) is 0 Å². The maximum atomic E-state index is 12.8. The molecule has 1 fully saturated rings. The summed E-state index contributed by atoms with van der Waals surface area (Å²) in [5, 5.41) is 23.0. The molecule has 1 saturated heterocycles. The molecule has 0 bridgehead atoms. The van der Waals surface area contributed by atoms with Gasteiger partial charge in [0, 0.05) is 24.2 Å². The molecule has 10 heteroatoms. The molecule has 10 nitrogen and oxygen atoms in total. The second kappa shape index (κ2) is 10.4. The number of oxime groups is 1. The molecule has 158 valence electrons. The summed E-state index contributed by atoms with van der Waals surface area (Å²) in [6.07, 6.45) is 1.36. The molecule has 0 saturated carbocycles. The van der Waals surface area contributed by atoms with Crippen molar-refractivity contribution in [2.75, 3.05) is 19.7 Å². The number of carboxylic acids is 1. The Hall–Kier alpha value is -3.14. The van der Waals surface area contributed by atoms with Gasteiger partial charge in [-0.2, -0.15) is 0 Å². The molecule has 1 heterocycles. The first-order valence-electron chi connectivity index (χ1n) is 9.36. The number of ether oxygens (including phenoxy) is 1. The van der Waals surface area contributed by atoms with Crippen LogP contribution >= 0.6 is 0 Å². The Morgan fingerprint density at radius 1 is 1.24 bits per heavy atom. The predicted molar refractivity (Wildman–Crippen MR) is 104 cm³/mol. The Balaban J connectivity index is 1.91. The lowest BCUT2D eigenvalue weighted by atomic mass is 10.1. The van der Waals surface area contributed by atoms with Crippen LogP contribution in [-0.4, -0.2) is 70.7 Å². The maximum Gasteiger partial charge on any atom is 0.329 e. The number of rotatable bonds is 8. The average molecular weight is 406 g/mol. The zero-order valence-corrected chi connectivity index (χ0v) is 16.2. The van der Waals surface area contributed by atoms with Crippen LogP contribution in [0.5, 0.6) is 0 Å². The smallest absolute Gasteiger partial charge is 0.329 e. The minimum atomic E-state index is -1.02. The fourth-order valence-corrected chi connectivity index (χ4v) is 3.08. The number of carbonyl (C=O) groups is 3. The fourth-order valence-electron chi connectivity index (χ4n) is 3.08. The largest absolute Gasteiger partial charge is 0.480 e. The zero-order chi connectivity index (χ0) is 21.4. The molecular weight excluding hydrogens is 380 g/mol. The van der Waals surface area contributed by atoms with E-state index in [0.29, 0.717) is 43.5 Å². The van der Waals surface area contributed by atoms with Crippen molar-refractivity contribution in [2.45, 2.75) is 38.3 Å². The van der Waals surface area contributed by atoms with Crippen LogP contribution in [0.2, 0.25) is 0 Å². The number of nitrogens with zero attached hydrogens (tertiary/aromatic N) is 2. The van der Waals surface area contributed by atoms with Crippen LogP contribution in [0.15, 0.2) is 29.4 Å². The minimum absolute atomic E-state index is 0.0608. The van der Waals surface area contributed by atoms with Crippen molar-refractivity contribution in [3.05, 3.63) is 35.4 Å². The molecule has 2 rings (SSSR count). The number of benzene rings is 1. The fraction of sp³-hybridized carbons (Fsp3) is 0.474. The highest BCUT2D eigenvalue weighted by Crippen LogP contribution is 2.15. The third-order valence-corrected chi connectivity index (χ3v) is 4.76. The number of nitrogens with two attached hydrogens (primary N) is 1. The molecule has 0 aromatic heterocycles. The van der Waals surface area contributed by atoms with Crippen molar-refractivity contribution < 1.29 is 29.4 Å². The summed E-state index contributed by atoms with van der Waals surface area (Å²) in [6.45, 7) is 2.36. The highest BCUT2D eigenvalue weighted by molar-refractivity contribution is 6.00. The lowest BCUT2D eigenvalue weighted by Gasteiger charge is -2.34. The van der Waals surface area contributed by atoms with E-state index >= 15 is 0 Å². The Morgan fingerprint density at radius 2 is 1.83 bits per heavy atom. The summed E-state index contributed by atoms with van der Waals surface area (Å²) in [5.74, 6) is -1.65. The van der Waals surface area contributed by atoms with Gasteiger partial charge in [0.25, 0.3) is 5.91 Å². The van der Waals surface area contributed by atoms with E-state index in [1.165, 1.54) is 12.1 Å². The van der Waals surface area contributed by atoms with Gasteiger partial charge in [0.05, 0.1) is 6.10 Å². The molecule has 1 aromatic rings. The molecule has 5 N–H and O–H groups in total. The van der Waals surface area contributed by atoms with E-state index < -0.39 is 17.9 Å². The number of carbonyl (C=O) groups excluding carboxylic acids is 2. The van der Waals surface area contributed by atoms with Crippen molar-refractivity contribution in [3.8, 4) is 0 Å². The number of aliphatic carboxylic acids is 1. The van der Waals surface area contributed by atoms with Crippen LogP contribution in [0.25, 0.3) is 0 Å². The van der Waals surface area contributed by atoms with E-state index in [9.17, 15) is 14.4 Å². The van der Waals surface area contributed by atoms with Crippen molar-refractivity contribution in [3.63, 3.8) is 0 Å². The molecule has 0 radical (unpaired) electrons. The van der Waals surface area contributed by atoms with E-state index in [4.69, 9.17) is 20.8 Å². The molecule has 1 aliphatic heterocycles. The van der Waals surface area contributed by atoms with Gasteiger partial charge in [-0.05, 0) is 31.4 Å². The molecular formula is C19H26N4O6. The van der Waals surface area contributed by atoms with E-state index in [1.807, 2.05) is 6.92 Å². The standard InChI is InChI=1S/C19H26N4O6/c1-2-15(19(27)23-9-7-14(8-10-23)29-11-16(24)25)21-18(26)13-5-3-12(4-6-13)17(20)22-28/h3-6,14-15,28H,2,7-11H2,1H3,(H2,20,22)(H,21,26)(H,24,25)/t15-/m0/s1. The first-order chi connectivity index (χ1) is 13.8. The van der Waals surface area contributed by atoms with E-state index in [2.05, 4.69) is 10.5 Å². The second-order valence-electron chi connectivity index (χ2n) is 6.73. The molecule has 2 amide bonds. The lowest BCUT2D eigenvalue weighted by molar-refractivity contribution is -0.147. The van der Waals surface area contributed by atoms with Gasteiger partial charge in [0.15, 0.2) is 5.84 Å². The van der Waals surface area contributed by atoms with E-state index in [-0.39, 0.29) is 24.5 Å². The van der Waals surface area contributed by atoms with Crippen LogP contribution in [0.3, 0.4) is 0 Å². The highest BCUT2D eigenvalue weighted by Gasteiger charge is 2.29. The molecule has 1 aromatic carbocycles. The van der Waals surface area contributed by atoms with Gasteiger partial charge in [-0.3, -0.25) is 9.59 Å². The quantitative estimate of drug-likeness (QED) is 0.211. The van der Waals surface area contributed by atoms with Gasteiger partial charge >= 0.3 is 5.97 Å². The number of piperidine rings is 1. The Morgan fingerprint density at radius 3 is 2.34 bits per heavy atom. The average Bonchev–Trinajstić information content (AvgIpc) is 2.75. The summed E-state index contributed by atoms with van der Waals surface area (Å²) in [6, 6.07) is 5.50. The van der Waals surface area contributed by atoms with Crippen molar-refractivity contribution in [1.29, 1.82) is 0 Å². The normalized spacial score (nSPS) is 16.3. The van der Waals surface area contributed by atoms with Gasteiger partial charge in [-0.25, -0.2) is 4.79 Å². The molecule has 29 heavy (non-hydrogen) atoms. The number of hydrogen-bond acceptors (Lipinski definition) is 6. The predicted octanol–water partition coefficient (Wildman–Crippen LogP) is 0.382. The number of amidine groups is 1. The van der Waals surface area contributed by atoms with Gasteiger partial charge in [0.2, 0.25) is 5.91 Å². The van der Waals surface area contributed by atoms with Crippen LogP contribution in [0.4, 0.5) is 0 Å². The summed E-state index contributed by atoms with van der Waals surface area (Å²) in [7, 11) is 0. The van der Waals surface area contributed by atoms with Gasteiger partial charge in [-0.15, -0.1) is 0 Å². The zero-order valence-electron chi connectivity index (χ0n) is 16.2. The summed E-state index contributed by atoms with van der Waals surface area (Å²) >= 11 is 0. The third kappa shape index (κ3) is 6.18. The Labute approximate surface area is 168 Å². The topological polar surface area (TPSA) is 155 Å². The number of amides is 2. The van der Waals surface area contributed by atoms with Crippen LogP contribution in [-0.2, 0) is 14.3 Å². The summed E-state index contributed by atoms with van der Waals surface area (Å²) in [5.41, 5.74) is 6.33. The van der Waals surface area contributed by atoms with Crippen LogP contribution < -0.4 is 11.1 Å². The number of likely N-dealkylation sites (tertiary alicyclic amines) is 1. The number of hydrogen-bond donors (Lipinski definition) is 4. The van der Waals surface area contributed by atoms with Gasteiger partial charge < -0.3 is 31.0 Å². The highest BCUT2D eigenvalue weighted by atomic mass is 16.5. The monoisotopic (exact) mass is 406 g/mol. The lowest BCUT2D eigenvalue weighted by Crippen LogP contribution is -2.51. The summed E-state index contributed by atoms with van der Waals surface area (Å²) in [4.78, 5) is 37.5.